The number of rotatable bonds is 5. The highest BCUT2D eigenvalue weighted by atomic mass is 19.1. The van der Waals surface area contributed by atoms with E-state index in [1.807, 2.05) is 23.1 Å². The molecule has 35 heavy (non-hydrogen) atoms. The molecule has 3 aromatic carbocycles. The molecule has 3 atom stereocenters. The zero-order chi connectivity index (χ0) is 24.2. The van der Waals surface area contributed by atoms with E-state index in [4.69, 9.17) is 0 Å². The van der Waals surface area contributed by atoms with Crippen molar-refractivity contribution in [1.82, 2.24) is 9.80 Å². The molecule has 0 aliphatic carbocycles. The number of halogens is 1. The van der Waals surface area contributed by atoms with Gasteiger partial charge in [0.1, 0.15) is 5.82 Å². The van der Waals surface area contributed by atoms with Crippen molar-refractivity contribution in [2.75, 3.05) is 26.2 Å². The lowest BCUT2D eigenvalue weighted by Crippen LogP contribution is -2.67. The second-order valence-corrected chi connectivity index (χ2v) is 9.46. The molecule has 5 rings (SSSR count). The molecule has 3 aromatic rings. The minimum atomic E-state index is -0.396. The molecule has 2 aliphatic rings. The number of fused-ring (bicyclic) bond motifs is 1. The number of benzene rings is 3. The van der Waals surface area contributed by atoms with Gasteiger partial charge in [-0.2, -0.15) is 0 Å². The topological polar surface area (TPSA) is 43.8 Å². The normalized spacial score (nSPS) is 22.8. The fourth-order valence-electron chi connectivity index (χ4n) is 5.51. The van der Waals surface area contributed by atoms with Crippen LogP contribution in [0.3, 0.4) is 0 Å². The summed E-state index contributed by atoms with van der Waals surface area (Å²) in [5.41, 5.74) is 3.85. The van der Waals surface area contributed by atoms with Gasteiger partial charge in [-0.15, -0.1) is 0 Å². The van der Waals surface area contributed by atoms with Crippen LogP contribution in [-0.4, -0.2) is 59.1 Å². The van der Waals surface area contributed by atoms with E-state index in [1.165, 1.54) is 17.7 Å². The Hall–Kier alpha value is -3.28. The van der Waals surface area contributed by atoms with Gasteiger partial charge in [0.2, 0.25) is 0 Å². The van der Waals surface area contributed by atoms with Crippen LogP contribution in [0.5, 0.6) is 0 Å². The largest absolute Gasteiger partial charge is 0.395 e. The van der Waals surface area contributed by atoms with Crippen molar-refractivity contribution in [3.05, 3.63) is 107 Å². The van der Waals surface area contributed by atoms with Crippen LogP contribution in [0.1, 0.15) is 45.8 Å². The maximum Gasteiger partial charge on any atom is 0.254 e. The second-order valence-electron chi connectivity index (χ2n) is 9.46. The lowest BCUT2D eigenvalue weighted by atomic mass is 9.74. The SMILES string of the molecule is O=C(c1cccc(F)c1)N1CCCCN2[C@H](CO)[C@H](c3ccc(/C=C/c4ccccc4)cc3)[C@@H]2C1. The first-order valence-electron chi connectivity index (χ1n) is 12.4. The smallest absolute Gasteiger partial charge is 0.254 e. The first-order valence-corrected chi connectivity index (χ1v) is 12.4. The van der Waals surface area contributed by atoms with E-state index >= 15 is 0 Å². The van der Waals surface area contributed by atoms with Crippen LogP contribution < -0.4 is 0 Å². The molecular weight excluding hydrogens is 439 g/mol. The monoisotopic (exact) mass is 470 g/mol. The van der Waals surface area contributed by atoms with Crippen molar-refractivity contribution in [3.8, 4) is 0 Å². The van der Waals surface area contributed by atoms with Crippen molar-refractivity contribution < 1.29 is 14.3 Å². The number of carbonyl (C=O) groups is 1. The summed E-state index contributed by atoms with van der Waals surface area (Å²) in [6.07, 6.45) is 6.07. The minimum absolute atomic E-state index is 0.0509. The predicted octanol–water partition coefficient (Wildman–Crippen LogP) is 5.06. The Bertz CT molecular complexity index is 1180. The summed E-state index contributed by atoms with van der Waals surface area (Å²) in [4.78, 5) is 17.4. The van der Waals surface area contributed by atoms with E-state index in [-0.39, 0.29) is 30.5 Å². The molecule has 4 nitrogen and oxygen atoms in total. The van der Waals surface area contributed by atoms with Gasteiger partial charge in [-0.1, -0.05) is 72.8 Å². The number of aliphatic hydroxyl groups excluding tert-OH is 1. The maximum atomic E-state index is 13.7. The third-order valence-electron chi connectivity index (χ3n) is 7.32. The first kappa shape index (κ1) is 23.5. The van der Waals surface area contributed by atoms with Crippen molar-refractivity contribution >= 4 is 18.1 Å². The van der Waals surface area contributed by atoms with E-state index in [0.717, 1.165) is 30.5 Å². The van der Waals surface area contributed by atoms with Crippen molar-refractivity contribution in [3.63, 3.8) is 0 Å². The highest BCUT2D eigenvalue weighted by Crippen LogP contribution is 2.42. The van der Waals surface area contributed by atoms with E-state index in [1.54, 1.807) is 12.1 Å². The molecular formula is C30H31FN2O2. The van der Waals surface area contributed by atoms with Gasteiger partial charge in [0.05, 0.1) is 6.61 Å². The van der Waals surface area contributed by atoms with Gasteiger partial charge >= 0.3 is 0 Å². The standard InChI is InChI=1S/C30H31FN2O2/c31-26-10-6-9-25(19-26)30(35)32-17-4-5-18-33-27(20-32)29(28(33)21-34)24-15-13-23(14-16-24)12-11-22-7-2-1-3-8-22/h1-3,6-16,19,27-29,34H,4-5,17-18,20-21H2/b12-11+/t27-,28+,29+/m0/s1. The zero-order valence-corrected chi connectivity index (χ0v) is 19.8. The maximum absolute atomic E-state index is 13.7. The molecule has 0 spiro atoms. The summed E-state index contributed by atoms with van der Waals surface area (Å²) in [6.45, 7) is 2.26. The van der Waals surface area contributed by atoms with Gasteiger partial charge in [0.25, 0.3) is 5.91 Å². The number of aliphatic hydroxyl groups is 1. The minimum Gasteiger partial charge on any atom is -0.395 e. The molecule has 2 saturated heterocycles. The predicted molar refractivity (Wildman–Crippen MR) is 137 cm³/mol. The van der Waals surface area contributed by atoms with Crippen molar-refractivity contribution in [2.45, 2.75) is 30.8 Å². The Balaban J connectivity index is 1.34. The van der Waals surface area contributed by atoms with E-state index in [0.29, 0.717) is 18.7 Å². The Morgan fingerprint density at radius 1 is 0.914 bits per heavy atom. The molecule has 180 valence electrons. The molecule has 0 aromatic heterocycles. The van der Waals surface area contributed by atoms with Crippen LogP contribution in [-0.2, 0) is 0 Å². The van der Waals surface area contributed by atoms with E-state index < -0.39 is 5.82 Å². The molecule has 5 heteroatoms. The third kappa shape index (κ3) is 5.07. The Kier molecular flexibility index (Phi) is 7.07. The molecule has 0 saturated carbocycles. The quantitative estimate of drug-likeness (QED) is 0.530. The summed E-state index contributed by atoms with van der Waals surface area (Å²) in [5, 5.41) is 10.2. The Labute approximate surface area is 206 Å². The summed E-state index contributed by atoms with van der Waals surface area (Å²) < 4.78 is 13.7. The van der Waals surface area contributed by atoms with Crippen molar-refractivity contribution in [2.24, 2.45) is 0 Å². The van der Waals surface area contributed by atoms with Gasteiger partial charge in [-0.05, 0) is 54.3 Å². The van der Waals surface area contributed by atoms with Crippen LogP contribution >= 0.6 is 0 Å². The lowest BCUT2D eigenvalue weighted by Gasteiger charge is -2.57. The van der Waals surface area contributed by atoms with Crippen LogP contribution in [0.25, 0.3) is 12.2 Å². The van der Waals surface area contributed by atoms with Crippen LogP contribution in [0, 0.1) is 5.82 Å². The third-order valence-corrected chi connectivity index (χ3v) is 7.32. The van der Waals surface area contributed by atoms with Gasteiger partial charge < -0.3 is 10.0 Å². The average molecular weight is 471 g/mol. The Morgan fingerprint density at radius 2 is 1.63 bits per heavy atom. The van der Waals surface area contributed by atoms with Crippen LogP contribution in [0.2, 0.25) is 0 Å². The second kappa shape index (κ2) is 10.5. The molecule has 0 bridgehead atoms. The van der Waals surface area contributed by atoms with Crippen LogP contribution in [0.15, 0.2) is 78.9 Å². The number of nitrogens with zero attached hydrogens (tertiary/aromatic N) is 2. The van der Waals surface area contributed by atoms with Gasteiger partial charge in [0.15, 0.2) is 0 Å². The number of hydrogen-bond donors (Lipinski definition) is 1. The first-order chi connectivity index (χ1) is 17.1. The number of amides is 1. The summed E-state index contributed by atoms with van der Waals surface area (Å²) in [7, 11) is 0. The highest BCUT2D eigenvalue weighted by molar-refractivity contribution is 5.94. The summed E-state index contributed by atoms with van der Waals surface area (Å²) in [6, 6.07) is 24.9. The molecule has 2 aliphatic heterocycles. The van der Waals surface area contributed by atoms with Gasteiger partial charge in [0, 0.05) is 36.7 Å². The number of carbonyl (C=O) groups excluding carboxylic acids is 1. The highest BCUT2D eigenvalue weighted by Gasteiger charge is 2.49. The fraction of sp³-hybridized carbons (Fsp3) is 0.300. The van der Waals surface area contributed by atoms with E-state index in [9.17, 15) is 14.3 Å². The zero-order valence-electron chi connectivity index (χ0n) is 19.8. The number of hydrogen-bond acceptors (Lipinski definition) is 3. The van der Waals surface area contributed by atoms with Crippen LogP contribution in [0.4, 0.5) is 4.39 Å². The summed E-state index contributed by atoms with van der Waals surface area (Å²) in [5.74, 6) is -0.375. The molecule has 1 N–H and O–H groups in total. The molecule has 2 heterocycles. The van der Waals surface area contributed by atoms with E-state index in [2.05, 4.69) is 53.5 Å². The fourth-order valence-corrected chi connectivity index (χ4v) is 5.51. The molecule has 2 fully saturated rings. The lowest BCUT2D eigenvalue weighted by molar-refractivity contribution is -0.0606. The molecule has 0 radical (unpaired) electrons. The van der Waals surface area contributed by atoms with Gasteiger partial charge in [-0.25, -0.2) is 4.39 Å². The average Bonchev–Trinajstić information content (AvgIpc) is 2.87. The molecule has 1 amide bonds. The summed E-state index contributed by atoms with van der Waals surface area (Å²) >= 11 is 0. The van der Waals surface area contributed by atoms with Gasteiger partial charge in [-0.3, -0.25) is 9.69 Å². The Morgan fingerprint density at radius 3 is 2.34 bits per heavy atom. The molecule has 0 unspecified atom stereocenters. The van der Waals surface area contributed by atoms with Crippen molar-refractivity contribution in [1.29, 1.82) is 0 Å².